The third-order valence-electron chi connectivity index (χ3n) is 4.01. The number of benzene rings is 2. The molecule has 0 saturated heterocycles. The summed E-state index contributed by atoms with van der Waals surface area (Å²) >= 11 is 0. The maximum absolute atomic E-state index is 13.0. The Morgan fingerprint density at radius 2 is 1.67 bits per heavy atom. The van der Waals surface area contributed by atoms with E-state index in [-0.39, 0.29) is 5.69 Å². The molecule has 1 heterocycles. The average molecular weight is 322 g/mol. The highest BCUT2D eigenvalue weighted by Crippen LogP contribution is 2.18. The second-order valence-electron chi connectivity index (χ2n) is 6.13. The molecule has 124 valence electrons. The normalized spacial score (nSPS) is 11.2. The molecule has 5 heteroatoms. The Hall–Kier alpha value is -2.66. The van der Waals surface area contributed by atoms with E-state index in [1.807, 2.05) is 75.6 Å². The first-order valence-corrected chi connectivity index (χ1v) is 8.04. The molecule has 0 radical (unpaired) electrons. The Morgan fingerprint density at radius 1 is 1.00 bits per heavy atom. The van der Waals surface area contributed by atoms with Crippen LogP contribution < -0.4 is 5.69 Å². The van der Waals surface area contributed by atoms with Crippen LogP contribution in [0.3, 0.4) is 0 Å². The van der Waals surface area contributed by atoms with Crippen molar-refractivity contribution in [1.82, 2.24) is 19.2 Å². The smallest absolute Gasteiger partial charge is 0.308 e. The van der Waals surface area contributed by atoms with Crippen molar-refractivity contribution in [3.05, 3.63) is 70.6 Å². The van der Waals surface area contributed by atoms with Crippen molar-refractivity contribution in [2.24, 2.45) is 0 Å². The molecule has 0 spiro atoms. The highest BCUT2D eigenvalue weighted by molar-refractivity contribution is 5.55. The molecule has 0 amide bonds. The van der Waals surface area contributed by atoms with Crippen molar-refractivity contribution in [3.8, 4) is 17.1 Å². The molecule has 0 bridgehead atoms. The summed E-state index contributed by atoms with van der Waals surface area (Å²) in [6.07, 6.45) is 0. The summed E-state index contributed by atoms with van der Waals surface area (Å²) in [5, 5.41) is 4.64. The minimum absolute atomic E-state index is 0.106. The van der Waals surface area contributed by atoms with Crippen LogP contribution in [0, 0.1) is 6.92 Å². The predicted octanol–water partition coefficient (Wildman–Crippen LogP) is 2.57. The second-order valence-corrected chi connectivity index (χ2v) is 6.13. The van der Waals surface area contributed by atoms with E-state index in [0.717, 1.165) is 23.4 Å². The lowest BCUT2D eigenvalue weighted by Crippen LogP contribution is -2.28. The minimum Gasteiger partial charge on any atom is -0.308 e. The quantitative estimate of drug-likeness (QED) is 0.725. The lowest BCUT2D eigenvalue weighted by Gasteiger charge is -2.10. The Morgan fingerprint density at radius 3 is 2.33 bits per heavy atom. The van der Waals surface area contributed by atoms with Gasteiger partial charge in [0.05, 0.1) is 5.69 Å². The summed E-state index contributed by atoms with van der Waals surface area (Å²) < 4.78 is 3.26. The van der Waals surface area contributed by atoms with Crippen LogP contribution in [0.15, 0.2) is 59.4 Å². The average Bonchev–Trinajstić information content (AvgIpc) is 2.91. The summed E-state index contributed by atoms with van der Waals surface area (Å²) in [5.74, 6) is 0.700. The minimum atomic E-state index is -0.106. The zero-order valence-corrected chi connectivity index (χ0v) is 14.3. The molecule has 5 nitrogen and oxygen atoms in total. The maximum atomic E-state index is 13.0. The molecule has 24 heavy (non-hydrogen) atoms. The fourth-order valence-corrected chi connectivity index (χ4v) is 2.66. The van der Waals surface area contributed by atoms with Crippen molar-refractivity contribution in [1.29, 1.82) is 0 Å². The van der Waals surface area contributed by atoms with Gasteiger partial charge in [-0.3, -0.25) is 4.57 Å². The molecular weight excluding hydrogens is 300 g/mol. The molecule has 0 aliphatic heterocycles. The topological polar surface area (TPSA) is 43.1 Å². The van der Waals surface area contributed by atoms with Gasteiger partial charge in [0.1, 0.15) is 0 Å². The highest BCUT2D eigenvalue weighted by Gasteiger charge is 2.17. The van der Waals surface area contributed by atoms with Gasteiger partial charge in [-0.05, 0) is 32.6 Å². The first-order valence-electron chi connectivity index (χ1n) is 8.04. The van der Waals surface area contributed by atoms with Gasteiger partial charge in [-0.15, -0.1) is 5.10 Å². The first-order chi connectivity index (χ1) is 11.6. The molecule has 3 aromatic rings. The second kappa shape index (κ2) is 6.84. The van der Waals surface area contributed by atoms with Gasteiger partial charge in [0, 0.05) is 18.7 Å². The molecule has 0 aliphatic carbocycles. The van der Waals surface area contributed by atoms with E-state index in [1.165, 1.54) is 4.68 Å². The molecule has 0 aliphatic rings. The monoisotopic (exact) mass is 322 g/mol. The third-order valence-corrected chi connectivity index (χ3v) is 4.01. The van der Waals surface area contributed by atoms with Crippen molar-refractivity contribution < 1.29 is 0 Å². The number of rotatable bonds is 5. The number of para-hydroxylation sites is 1. The van der Waals surface area contributed by atoms with Gasteiger partial charge in [0.25, 0.3) is 0 Å². The number of nitrogens with zero attached hydrogens (tertiary/aromatic N) is 4. The van der Waals surface area contributed by atoms with Gasteiger partial charge in [-0.25, -0.2) is 4.79 Å². The Bertz CT molecular complexity index is 878. The lowest BCUT2D eigenvalue weighted by molar-refractivity contribution is 0.381. The number of aromatic nitrogens is 3. The van der Waals surface area contributed by atoms with E-state index in [4.69, 9.17) is 0 Å². The van der Waals surface area contributed by atoms with Crippen molar-refractivity contribution in [2.45, 2.75) is 13.5 Å². The van der Waals surface area contributed by atoms with E-state index in [0.29, 0.717) is 12.4 Å². The molecule has 0 unspecified atom stereocenters. The molecule has 0 fully saturated rings. The van der Waals surface area contributed by atoms with Crippen LogP contribution in [0.1, 0.15) is 5.56 Å². The lowest BCUT2D eigenvalue weighted by atomic mass is 10.2. The predicted molar refractivity (Wildman–Crippen MR) is 96.6 cm³/mol. The van der Waals surface area contributed by atoms with Gasteiger partial charge in [0.15, 0.2) is 5.82 Å². The van der Waals surface area contributed by atoms with Gasteiger partial charge in [0.2, 0.25) is 0 Å². The fraction of sp³-hybridized carbons (Fsp3) is 0.263. The van der Waals surface area contributed by atoms with Crippen LogP contribution in [0.4, 0.5) is 0 Å². The molecular formula is C19H22N4O. The first kappa shape index (κ1) is 16.2. The summed E-state index contributed by atoms with van der Waals surface area (Å²) in [5.41, 5.74) is 2.69. The Balaban J connectivity index is 2.16. The summed E-state index contributed by atoms with van der Waals surface area (Å²) in [6.45, 7) is 3.37. The van der Waals surface area contributed by atoms with Crippen LogP contribution >= 0.6 is 0 Å². The van der Waals surface area contributed by atoms with Crippen LogP contribution in [0.25, 0.3) is 17.1 Å². The van der Waals surface area contributed by atoms with E-state index in [2.05, 4.69) is 10.00 Å². The van der Waals surface area contributed by atoms with Gasteiger partial charge < -0.3 is 4.90 Å². The number of aryl methyl sites for hydroxylation is 1. The maximum Gasteiger partial charge on any atom is 0.351 e. The van der Waals surface area contributed by atoms with E-state index < -0.39 is 0 Å². The van der Waals surface area contributed by atoms with Crippen LogP contribution in [0.5, 0.6) is 0 Å². The van der Waals surface area contributed by atoms with Crippen LogP contribution in [0.2, 0.25) is 0 Å². The van der Waals surface area contributed by atoms with E-state index in [9.17, 15) is 4.79 Å². The van der Waals surface area contributed by atoms with Gasteiger partial charge >= 0.3 is 5.69 Å². The van der Waals surface area contributed by atoms with Gasteiger partial charge in [-0.1, -0.05) is 48.5 Å². The SMILES string of the molecule is Cc1ccccc1-n1nc(-c2ccccc2)n(CCN(C)C)c1=O. The molecule has 0 N–H and O–H groups in total. The summed E-state index contributed by atoms with van der Waals surface area (Å²) in [6, 6.07) is 17.7. The third kappa shape index (κ3) is 3.16. The molecule has 3 rings (SSSR count). The molecule has 0 saturated carbocycles. The van der Waals surface area contributed by atoms with E-state index >= 15 is 0 Å². The standard InChI is InChI=1S/C19H22N4O/c1-15-9-7-8-12-17(15)23-19(24)22(14-13-21(2)3)18(20-23)16-10-5-4-6-11-16/h4-12H,13-14H2,1-3H3. The fourth-order valence-electron chi connectivity index (χ4n) is 2.66. The Labute approximate surface area is 141 Å². The number of hydrogen-bond donors (Lipinski definition) is 0. The Kier molecular flexibility index (Phi) is 4.62. The summed E-state index contributed by atoms with van der Waals surface area (Å²) in [4.78, 5) is 15.0. The van der Waals surface area contributed by atoms with Crippen molar-refractivity contribution >= 4 is 0 Å². The van der Waals surface area contributed by atoms with Crippen molar-refractivity contribution in [3.63, 3.8) is 0 Å². The number of likely N-dealkylation sites (N-methyl/N-ethyl adjacent to an activating group) is 1. The highest BCUT2D eigenvalue weighted by atomic mass is 16.2. The van der Waals surface area contributed by atoms with Crippen LogP contribution in [-0.4, -0.2) is 39.9 Å². The number of hydrogen-bond acceptors (Lipinski definition) is 3. The largest absolute Gasteiger partial charge is 0.351 e. The molecule has 0 atom stereocenters. The van der Waals surface area contributed by atoms with E-state index in [1.54, 1.807) is 4.57 Å². The van der Waals surface area contributed by atoms with Crippen molar-refractivity contribution in [2.75, 3.05) is 20.6 Å². The summed E-state index contributed by atoms with van der Waals surface area (Å²) in [7, 11) is 4.00. The van der Waals surface area contributed by atoms with Gasteiger partial charge in [-0.2, -0.15) is 4.68 Å². The zero-order valence-electron chi connectivity index (χ0n) is 14.3. The zero-order chi connectivity index (χ0) is 17.1. The van der Waals surface area contributed by atoms with Crippen LogP contribution in [-0.2, 0) is 6.54 Å². The molecule has 2 aromatic carbocycles. The molecule has 1 aromatic heterocycles.